The van der Waals surface area contributed by atoms with Gasteiger partial charge in [-0.25, -0.2) is 4.42 Å². The van der Waals surface area contributed by atoms with E-state index in [0.717, 1.165) is 31.5 Å². The molecule has 15 heavy (non-hydrogen) atoms. The molecule has 0 bridgehead atoms. The van der Waals surface area contributed by atoms with Crippen molar-refractivity contribution in [2.45, 2.75) is 12.8 Å². The van der Waals surface area contributed by atoms with Gasteiger partial charge in [-0.3, -0.25) is 10.1 Å². The first-order valence-electron chi connectivity index (χ1n) is 4.84. The second-order valence-corrected chi connectivity index (χ2v) is 4.10. The van der Waals surface area contributed by atoms with Crippen molar-refractivity contribution < 1.29 is 4.92 Å². The third kappa shape index (κ3) is 2.27. The highest BCUT2D eigenvalue weighted by Crippen LogP contribution is 2.22. The van der Waals surface area contributed by atoms with Gasteiger partial charge in [-0.15, -0.1) is 0 Å². The predicted molar refractivity (Wildman–Crippen MR) is 57.9 cm³/mol. The lowest BCUT2D eigenvalue weighted by Crippen LogP contribution is -2.14. The van der Waals surface area contributed by atoms with Crippen LogP contribution in [0, 0.1) is 10.1 Å². The SMILES string of the molecule is O=[N+]([O-])c1ccc2c(c1)CCN(Cl)CC2. The van der Waals surface area contributed by atoms with Crippen molar-refractivity contribution in [1.29, 1.82) is 0 Å². The van der Waals surface area contributed by atoms with Crippen molar-refractivity contribution in [3.63, 3.8) is 0 Å². The van der Waals surface area contributed by atoms with Crippen molar-refractivity contribution in [2.75, 3.05) is 13.1 Å². The van der Waals surface area contributed by atoms with Crippen LogP contribution in [-0.4, -0.2) is 22.4 Å². The summed E-state index contributed by atoms with van der Waals surface area (Å²) >= 11 is 5.91. The first kappa shape index (κ1) is 10.4. The van der Waals surface area contributed by atoms with E-state index in [4.69, 9.17) is 11.8 Å². The number of nitro groups is 1. The average Bonchev–Trinajstić information content (AvgIpc) is 2.40. The minimum Gasteiger partial charge on any atom is -0.258 e. The highest BCUT2D eigenvalue weighted by Gasteiger charge is 2.15. The van der Waals surface area contributed by atoms with E-state index >= 15 is 0 Å². The molecule has 5 heteroatoms. The molecule has 0 radical (unpaired) electrons. The molecular formula is C10H11ClN2O2. The highest BCUT2D eigenvalue weighted by atomic mass is 35.5. The van der Waals surface area contributed by atoms with E-state index in [2.05, 4.69) is 0 Å². The Morgan fingerprint density at radius 1 is 1.27 bits per heavy atom. The molecule has 0 fully saturated rings. The monoisotopic (exact) mass is 226 g/mol. The Labute approximate surface area is 92.7 Å². The predicted octanol–water partition coefficient (Wildman–Crippen LogP) is 2.15. The van der Waals surface area contributed by atoms with E-state index in [1.807, 2.05) is 6.07 Å². The molecule has 2 rings (SSSR count). The van der Waals surface area contributed by atoms with Crippen LogP contribution in [0.2, 0.25) is 0 Å². The molecule has 0 saturated heterocycles. The minimum absolute atomic E-state index is 0.164. The maximum Gasteiger partial charge on any atom is 0.269 e. The van der Waals surface area contributed by atoms with Crippen molar-refractivity contribution >= 4 is 17.5 Å². The molecule has 80 valence electrons. The van der Waals surface area contributed by atoms with Crippen LogP contribution >= 0.6 is 11.8 Å². The number of halogens is 1. The third-order valence-electron chi connectivity index (χ3n) is 2.65. The fraction of sp³-hybridized carbons (Fsp3) is 0.400. The van der Waals surface area contributed by atoms with Crippen molar-refractivity contribution in [3.8, 4) is 0 Å². The second-order valence-electron chi connectivity index (χ2n) is 3.62. The topological polar surface area (TPSA) is 46.4 Å². The number of hydrogen-bond donors (Lipinski definition) is 0. The van der Waals surface area contributed by atoms with E-state index in [1.165, 1.54) is 5.56 Å². The molecule has 0 aliphatic carbocycles. The minimum atomic E-state index is -0.358. The summed E-state index contributed by atoms with van der Waals surface area (Å²) in [7, 11) is 0. The molecule has 0 N–H and O–H groups in total. The molecule has 0 saturated carbocycles. The Bertz CT molecular complexity index is 395. The van der Waals surface area contributed by atoms with Crippen molar-refractivity contribution in [2.24, 2.45) is 0 Å². The molecule has 0 amide bonds. The molecule has 4 nitrogen and oxygen atoms in total. The van der Waals surface area contributed by atoms with Gasteiger partial charge in [0.05, 0.1) is 4.92 Å². The maximum atomic E-state index is 10.6. The van der Waals surface area contributed by atoms with Crippen LogP contribution in [-0.2, 0) is 12.8 Å². The van der Waals surface area contributed by atoms with Gasteiger partial charge < -0.3 is 0 Å². The first-order valence-corrected chi connectivity index (χ1v) is 5.17. The summed E-state index contributed by atoms with van der Waals surface area (Å²) in [5, 5.41) is 10.6. The van der Waals surface area contributed by atoms with E-state index in [9.17, 15) is 10.1 Å². The zero-order valence-corrected chi connectivity index (χ0v) is 8.91. The molecule has 0 spiro atoms. The van der Waals surface area contributed by atoms with E-state index in [-0.39, 0.29) is 10.6 Å². The summed E-state index contributed by atoms with van der Waals surface area (Å²) in [6.07, 6.45) is 1.64. The lowest BCUT2D eigenvalue weighted by molar-refractivity contribution is -0.384. The van der Waals surface area contributed by atoms with Gasteiger partial charge in [-0.05, 0) is 35.7 Å². The van der Waals surface area contributed by atoms with Crippen molar-refractivity contribution in [3.05, 3.63) is 39.4 Å². The van der Waals surface area contributed by atoms with Gasteiger partial charge in [0.15, 0.2) is 0 Å². The molecule has 0 unspecified atom stereocenters. The summed E-state index contributed by atoms with van der Waals surface area (Å²) in [4.78, 5) is 10.2. The summed E-state index contributed by atoms with van der Waals surface area (Å²) in [5.74, 6) is 0. The molecule has 1 aromatic rings. The van der Waals surface area contributed by atoms with E-state index in [0.29, 0.717) is 0 Å². The van der Waals surface area contributed by atoms with Gasteiger partial charge >= 0.3 is 0 Å². The van der Waals surface area contributed by atoms with Crippen LogP contribution in [0.25, 0.3) is 0 Å². The average molecular weight is 227 g/mol. The Hall–Kier alpha value is -1.13. The van der Waals surface area contributed by atoms with Gasteiger partial charge in [0.1, 0.15) is 0 Å². The van der Waals surface area contributed by atoms with Crippen LogP contribution in [0.3, 0.4) is 0 Å². The number of benzene rings is 1. The van der Waals surface area contributed by atoms with Gasteiger partial charge in [0.2, 0.25) is 0 Å². The van der Waals surface area contributed by atoms with Gasteiger partial charge in [0.25, 0.3) is 5.69 Å². The largest absolute Gasteiger partial charge is 0.269 e. The fourth-order valence-electron chi connectivity index (χ4n) is 1.80. The number of nitro benzene ring substituents is 1. The number of rotatable bonds is 1. The molecule has 1 heterocycles. The van der Waals surface area contributed by atoms with E-state index < -0.39 is 0 Å². The highest BCUT2D eigenvalue weighted by molar-refractivity contribution is 6.13. The Morgan fingerprint density at radius 3 is 2.60 bits per heavy atom. The lowest BCUT2D eigenvalue weighted by atomic mass is 10.0. The second kappa shape index (κ2) is 4.16. The standard InChI is InChI=1S/C10H11ClN2O2/c11-12-5-3-8-1-2-10(13(14)15)7-9(8)4-6-12/h1-2,7H,3-6H2. The number of hydrogen-bond acceptors (Lipinski definition) is 3. The van der Waals surface area contributed by atoms with Crippen molar-refractivity contribution in [1.82, 2.24) is 4.42 Å². The van der Waals surface area contributed by atoms with Crippen LogP contribution in [0.15, 0.2) is 18.2 Å². The van der Waals surface area contributed by atoms with E-state index in [1.54, 1.807) is 16.6 Å². The zero-order chi connectivity index (χ0) is 10.8. The van der Waals surface area contributed by atoms with Crippen LogP contribution in [0.1, 0.15) is 11.1 Å². The summed E-state index contributed by atoms with van der Waals surface area (Å²) in [6, 6.07) is 5.05. The fourth-order valence-corrected chi connectivity index (χ4v) is 1.97. The lowest BCUT2D eigenvalue weighted by Gasteiger charge is -2.06. The number of non-ortho nitro benzene ring substituents is 1. The van der Waals surface area contributed by atoms with Crippen LogP contribution in [0.4, 0.5) is 5.69 Å². The van der Waals surface area contributed by atoms with Gasteiger partial charge in [-0.1, -0.05) is 6.07 Å². The molecule has 1 aliphatic rings. The Balaban J connectivity index is 2.32. The zero-order valence-electron chi connectivity index (χ0n) is 8.15. The molecule has 1 aromatic carbocycles. The molecule has 0 atom stereocenters. The molecular weight excluding hydrogens is 216 g/mol. The number of fused-ring (bicyclic) bond motifs is 1. The first-order chi connectivity index (χ1) is 7.16. The normalized spacial score (nSPS) is 16.9. The Kier molecular flexibility index (Phi) is 2.88. The number of nitrogens with zero attached hydrogens (tertiary/aromatic N) is 2. The third-order valence-corrected chi connectivity index (χ3v) is 2.99. The summed E-state index contributed by atoms with van der Waals surface area (Å²) in [5.41, 5.74) is 2.38. The van der Waals surface area contributed by atoms with Crippen LogP contribution < -0.4 is 0 Å². The summed E-state index contributed by atoms with van der Waals surface area (Å²) < 4.78 is 1.73. The van der Waals surface area contributed by atoms with Gasteiger partial charge in [0, 0.05) is 25.2 Å². The van der Waals surface area contributed by atoms with Crippen LogP contribution in [0.5, 0.6) is 0 Å². The maximum absolute atomic E-state index is 10.6. The molecule has 1 aliphatic heterocycles. The summed E-state index contributed by atoms with van der Waals surface area (Å²) in [6.45, 7) is 1.54. The molecule has 0 aromatic heterocycles. The van der Waals surface area contributed by atoms with Gasteiger partial charge in [-0.2, -0.15) is 0 Å². The smallest absolute Gasteiger partial charge is 0.258 e. The Morgan fingerprint density at radius 2 is 1.93 bits per heavy atom. The quantitative estimate of drug-likeness (QED) is 0.419.